The Bertz CT molecular complexity index is 963. The molecule has 2 aliphatic rings. The Morgan fingerprint density at radius 3 is 2.55 bits per heavy atom. The second-order valence-electron chi connectivity index (χ2n) is 7.60. The maximum absolute atomic E-state index is 13.2. The van der Waals surface area contributed by atoms with E-state index in [1.807, 2.05) is 11.4 Å². The van der Waals surface area contributed by atoms with Crippen LogP contribution in [0.1, 0.15) is 32.9 Å². The van der Waals surface area contributed by atoms with Crippen molar-refractivity contribution in [2.24, 2.45) is 0 Å². The monoisotopic (exact) mass is 440 g/mol. The normalized spacial score (nSPS) is 21.4. The summed E-state index contributed by atoms with van der Waals surface area (Å²) in [6, 6.07) is 10.8. The predicted molar refractivity (Wildman–Crippen MR) is 116 cm³/mol. The van der Waals surface area contributed by atoms with E-state index in [9.17, 15) is 19.2 Å². The highest BCUT2D eigenvalue weighted by Crippen LogP contribution is 2.19. The predicted octanol–water partition coefficient (Wildman–Crippen LogP) is 1.11. The minimum absolute atomic E-state index is 0.0788. The molecule has 2 N–H and O–H groups in total. The second-order valence-corrected chi connectivity index (χ2v) is 8.55. The molecule has 2 saturated heterocycles. The van der Waals surface area contributed by atoms with Gasteiger partial charge in [-0.25, -0.2) is 0 Å². The largest absolute Gasteiger partial charge is 0.354 e. The first kappa shape index (κ1) is 21.0. The van der Waals surface area contributed by atoms with Crippen LogP contribution < -0.4 is 10.6 Å². The molecule has 2 aliphatic heterocycles. The van der Waals surface area contributed by atoms with Gasteiger partial charge >= 0.3 is 0 Å². The van der Waals surface area contributed by atoms with Gasteiger partial charge in [0.25, 0.3) is 11.8 Å². The number of hydrogen-bond acceptors (Lipinski definition) is 5. The zero-order chi connectivity index (χ0) is 21.8. The summed E-state index contributed by atoms with van der Waals surface area (Å²) in [6.07, 6.45) is 1.33. The molecule has 8 nitrogen and oxygen atoms in total. The Morgan fingerprint density at radius 1 is 1.03 bits per heavy atom. The topological polar surface area (TPSA) is 98.8 Å². The summed E-state index contributed by atoms with van der Waals surface area (Å²) in [4.78, 5) is 55.0. The number of thiophene rings is 1. The average molecular weight is 441 g/mol. The van der Waals surface area contributed by atoms with Gasteiger partial charge in [0, 0.05) is 25.2 Å². The van der Waals surface area contributed by atoms with Crippen LogP contribution in [0.2, 0.25) is 0 Å². The smallest absolute Gasteiger partial charge is 0.264 e. The van der Waals surface area contributed by atoms with Gasteiger partial charge in [-0.1, -0.05) is 24.3 Å². The maximum atomic E-state index is 13.2. The minimum atomic E-state index is -0.875. The van der Waals surface area contributed by atoms with Gasteiger partial charge in [-0.05, 0) is 36.4 Å². The number of hydrogen-bond donors (Lipinski definition) is 2. The van der Waals surface area contributed by atoms with E-state index in [4.69, 9.17) is 0 Å². The third-order valence-electron chi connectivity index (χ3n) is 5.59. The van der Waals surface area contributed by atoms with Crippen molar-refractivity contribution in [3.8, 4) is 0 Å². The second kappa shape index (κ2) is 9.30. The molecular formula is C22H24N4O4S. The molecule has 9 heteroatoms. The molecule has 31 heavy (non-hydrogen) atoms. The van der Waals surface area contributed by atoms with Crippen molar-refractivity contribution in [3.63, 3.8) is 0 Å². The van der Waals surface area contributed by atoms with E-state index in [0.717, 1.165) is 6.42 Å². The number of nitrogens with one attached hydrogen (secondary N) is 2. The molecule has 0 unspecified atom stereocenters. The van der Waals surface area contributed by atoms with Crippen molar-refractivity contribution >= 4 is 35.0 Å². The summed E-state index contributed by atoms with van der Waals surface area (Å²) in [5.41, 5.74) is 0.480. The Hall–Kier alpha value is -3.20. The Morgan fingerprint density at radius 2 is 1.84 bits per heavy atom. The molecule has 2 atom stereocenters. The Kier molecular flexibility index (Phi) is 6.31. The van der Waals surface area contributed by atoms with Crippen LogP contribution in [0.25, 0.3) is 0 Å². The number of nitrogens with zero attached hydrogens (tertiary/aromatic N) is 2. The highest BCUT2D eigenvalue weighted by atomic mass is 32.1. The molecule has 0 saturated carbocycles. The molecule has 0 aliphatic carbocycles. The van der Waals surface area contributed by atoms with E-state index in [-0.39, 0.29) is 30.8 Å². The van der Waals surface area contributed by atoms with E-state index >= 15 is 0 Å². The molecule has 2 aromatic rings. The van der Waals surface area contributed by atoms with Crippen LogP contribution in [0.15, 0.2) is 47.8 Å². The first-order valence-electron chi connectivity index (χ1n) is 10.3. The van der Waals surface area contributed by atoms with Crippen LogP contribution >= 0.6 is 11.3 Å². The fourth-order valence-corrected chi connectivity index (χ4v) is 4.61. The summed E-state index contributed by atoms with van der Waals surface area (Å²) in [6.45, 7) is 1.24. The van der Waals surface area contributed by atoms with Crippen LogP contribution in [0, 0.1) is 0 Å². The lowest BCUT2D eigenvalue weighted by atomic mass is 10.0. The molecule has 0 spiro atoms. The van der Waals surface area contributed by atoms with E-state index in [2.05, 4.69) is 10.6 Å². The lowest BCUT2D eigenvalue weighted by molar-refractivity contribution is -0.133. The van der Waals surface area contributed by atoms with Crippen molar-refractivity contribution in [1.82, 2.24) is 20.4 Å². The highest BCUT2D eigenvalue weighted by Gasteiger charge is 2.39. The van der Waals surface area contributed by atoms with E-state index in [0.29, 0.717) is 30.0 Å². The van der Waals surface area contributed by atoms with Crippen molar-refractivity contribution in [1.29, 1.82) is 0 Å². The summed E-state index contributed by atoms with van der Waals surface area (Å²) in [5.74, 6) is -1.06. The van der Waals surface area contributed by atoms with Gasteiger partial charge in [0.2, 0.25) is 11.8 Å². The third-order valence-corrected chi connectivity index (χ3v) is 6.44. The van der Waals surface area contributed by atoms with Gasteiger partial charge in [-0.2, -0.15) is 0 Å². The Balaban J connectivity index is 1.55. The summed E-state index contributed by atoms with van der Waals surface area (Å²) in [5, 5.41) is 7.36. The van der Waals surface area contributed by atoms with Crippen molar-refractivity contribution in [2.75, 3.05) is 26.2 Å². The van der Waals surface area contributed by atoms with Gasteiger partial charge in [0.1, 0.15) is 12.1 Å². The number of rotatable bonds is 4. The fourth-order valence-electron chi connectivity index (χ4n) is 3.92. The molecule has 4 amide bonds. The molecule has 162 valence electrons. The quantitative estimate of drug-likeness (QED) is 0.744. The summed E-state index contributed by atoms with van der Waals surface area (Å²) in [7, 11) is 0. The van der Waals surface area contributed by atoms with Crippen molar-refractivity contribution in [2.45, 2.75) is 24.9 Å². The lowest BCUT2D eigenvalue weighted by Crippen LogP contribution is -2.63. The first-order chi connectivity index (χ1) is 15.0. The van der Waals surface area contributed by atoms with Crippen molar-refractivity contribution in [3.05, 3.63) is 58.3 Å². The van der Waals surface area contributed by atoms with Crippen LogP contribution in [-0.2, 0) is 9.59 Å². The number of amides is 4. The number of carbonyl (C=O) groups excluding carboxylic acids is 4. The molecule has 1 aromatic heterocycles. The molecule has 4 rings (SSSR count). The highest BCUT2D eigenvalue weighted by molar-refractivity contribution is 7.12. The Labute approximate surface area is 184 Å². The molecule has 2 fully saturated rings. The molecule has 1 aromatic carbocycles. The van der Waals surface area contributed by atoms with Gasteiger partial charge in [0.15, 0.2) is 0 Å². The lowest BCUT2D eigenvalue weighted by Gasteiger charge is -2.41. The fraction of sp³-hybridized carbons (Fsp3) is 0.364. The zero-order valence-corrected chi connectivity index (χ0v) is 17.8. The molecule has 0 radical (unpaired) electrons. The number of piperidine rings is 1. The van der Waals surface area contributed by atoms with Gasteiger partial charge in [0.05, 0.1) is 11.4 Å². The first-order valence-corrected chi connectivity index (χ1v) is 11.2. The van der Waals surface area contributed by atoms with Crippen LogP contribution in [0.5, 0.6) is 0 Å². The van der Waals surface area contributed by atoms with Crippen LogP contribution in [0.4, 0.5) is 0 Å². The third kappa shape index (κ3) is 4.61. The number of carbonyl (C=O) groups is 4. The van der Waals surface area contributed by atoms with Gasteiger partial charge < -0.3 is 20.4 Å². The SMILES string of the molecule is O=C1NCCC[C@H]1NC(=O)[C@@H]1CN(C(=O)c2cccs2)CCN1C(=O)c1ccccc1. The molecule has 3 heterocycles. The summed E-state index contributed by atoms with van der Waals surface area (Å²) >= 11 is 1.34. The van der Waals surface area contributed by atoms with Gasteiger partial charge in [-0.15, -0.1) is 11.3 Å². The van der Waals surface area contributed by atoms with Crippen LogP contribution in [-0.4, -0.2) is 71.7 Å². The molecular weight excluding hydrogens is 416 g/mol. The van der Waals surface area contributed by atoms with Gasteiger partial charge in [-0.3, -0.25) is 19.2 Å². The average Bonchev–Trinajstić information content (AvgIpc) is 3.35. The van der Waals surface area contributed by atoms with E-state index in [1.54, 1.807) is 41.3 Å². The number of benzene rings is 1. The molecule has 0 bridgehead atoms. The minimum Gasteiger partial charge on any atom is -0.354 e. The van der Waals surface area contributed by atoms with Crippen molar-refractivity contribution < 1.29 is 19.2 Å². The maximum Gasteiger partial charge on any atom is 0.264 e. The number of piperazine rings is 1. The van der Waals surface area contributed by atoms with E-state index in [1.165, 1.54) is 16.2 Å². The summed E-state index contributed by atoms with van der Waals surface area (Å²) < 4.78 is 0. The van der Waals surface area contributed by atoms with E-state index < -0.39 is 18.0 Å². The van der Waals surface area contributed by atoms with Crippen LogP contribution in [0.3, 0.4) is 0 Å². The standard InChI is InChI=1S/C22H24N4O4S/c27-19-16(8-4-10-23-19)24-20(28)17-14-25(22(30)18-9-5-13-31-18)11-12-26(17)21(29)15-6-2-1-3-7-15/h1-3,5-7,9,13,16-17H,4,8,10-12,14H2,(H,23,27)(H,24,28)/t16-,17+/m1/s1. The zero-order valence-electron chi connectivity index (χ0n) is 17.0.